The molecule has 8 nitrogen and oxygen atoms in total. The minimum absolute atomic E-state index is 0.0776. The fourth-order valence-corrected chi connectivity index (χ4v) is 5.06. The molecule has 0 spiro atoms. The summed E-state index contributed by atoms with van der Waals surface area (Å²) in [5.41, 5.74) is 0.401. The molecular formula is C16H27N5O3S. The highest BCUT2D eigenvalue weighted by atomic mass is 32.2. The van der Waals surface area contributed by atoms with Gasteiger partial charge in [-0.1, -0.05) is 0 Å². The van der Waals surface area contributed by atoms with Crippen molar-refractivity contribution in [2.45, 2.75) is 43.8 Å². The van der Waals surface area contributed by atoms with Gasteiger partial charge in [0.2, 0.25) is 15.9 Å². The van der Waals surface area contributed by atoms with Crippen LogP contribution in [0.5, 0.6) is 0 Å². The summed E-state index contributed by atoms with van der Waals surface area (Å²) in [6.45, 7) is 1.94. The Morgan fingerprint density at radius 3 is 2.88 bits per heavy atom. The van der Waals surface area contributed by atoms with Crippen molar-refractivity contribution in [1.82, 2.24) is 24.3 Å². The van der Waals surface area contributed by atoms with Crippen LogP contribution in [-0.2, 0) is 28.4 Å². The predicted molar refractivity (Wildman–Crippen MR) is 94.2 cm³/mol. The van der Waals surface area contributed by atoms with Crippen molar-refractivity contribution in [3.05, 3.63) is 18.0 Å². The number of aryl methyl sites for hydroxylation is 1. The predicted octanol–water partition coefficient (Wildman–Crippen LogP) is -0.0753. The second-order valence-electron chi connectivity index (χ2n) is 7.41. The molecule has 1 amide bonds. The molecule has 2 saturated heterocycles. The molecule has 0 saturated carbocycles. The van der Waals surface area contributed by atoms with Gasteiger partial charge in [0, 0.05) is 45.0 Å². The second kappa shape index (κ2) is 6.69. The Balaban J connectivity index is 1.77. The number of piperidine rings is 1. The lowest BCUT2D eigenvalue weighted by molar-refractivity contribution is -0.144. The number of nitrogens with one attached hydrogen (secondary N) is 1. The Morgan fingerprint density at radius 2 is 2.24 bits per heavy atom. The molecular weight excluding hydrogens is 342 g/mol. The first-order valence-electron chi connectivity index (χ1n) is 8.65. The average molecular weight is 369 g/mol. The first-order chi connectivity index (χ1) is 11.7. The van der Waals surface area contributed by atoms with Crippen LogP contribution in [0.1, 0.15) is 31.2 Å². The molecule has 2 aliphatic heterocycles. The van der Waals surface area contributed by atoms with Gasteiger partial charge in [-0.25, -0.2) is 13.1 Å². The molecule has 140 valence electrons. The van der Waals surface area contributed by atoms with Crippen LogP contribution >= 0.6 is 0 Å². The summed E-state index contributed by atoms with van der Waals surface area (Å²) in [6.07, 6.45) is 8.21. The van der Waals surface area contributed by atoms with E-state index in [0.717, 1.165) is 31.4 Å². The maximum Gasteiger partial charge on any atom is 0.243 e. The molecule has 0 unspecified atom stereocenters. The number of carbonyl (C=O) groups excluding carboxylic acids is 1. The van der Waals surface area contributed by atoms with Gasteiger partial charge in [0.1, 0.15) is 5.54 Å². The van der Waals surface area contributed by atoms with E-state index >= 15 is 0 Å². The summed E-state index contributed by atoms with van der Waals surface area (Å²) in [6, 6.07) is -0.205. The fraction of sp³-hybridized carbons (Fsp3) is 0.750. The third-order valence-electron chi connectivity index (χ3n) is 5.20. The lowest BCUT2D eigenvalue weighted by Crippen LogP contribution is -2.57. The zero-order valence-corrected chi connectivity index (χ0v) is 15.9. The summed E-state index contributed by atoms with van der Waals surface area (Å²) < 4.78 is 27.6. The summed E-state index contributed by atoms with van der Waals surface area (Å²) in [5, 5.41) is 4.15. The number of sulfonamides is 1. The number of fused-ring (bicyclic) bond motifs is 1. The van der Waals surface area contributed by atoms with E-state index in [2.05, 4.69) is 14.7 Å². The van der Waals surface area contributed by atoms with E-state index in [1.807, 2.05) is 20.3 Å². The molecule has 0 radical (unpaired) electrons. The molecule has 0 bridgehead atoms. The lowest BCUT2D eigenvalue weighted by atomic mass is 9.84. The molecule has 0 aliphatic carbocycles. The molecule has 1 aromatic heterocycles. The van der Waals surface area contributed by atoms with Gasteiger partial charge in [-0.3, -0.25) is 14.4 Å². The maximum absolute atomic E-state index is 13.3. The zero-order chi connectivity index (χ0) is 18.2. The smallest absolute Gasteiger partial charge is 0.243 e. The van der Waals surface area contributed by atoms with Crippen LogP contribution in [0.15, 0.2) is 12.4 Å². The van der Waals surface area contributed by atoms with Gasteiger partial charge in [0.15, 0.2) is 0 Å². The fourth-order valence-electron chi connectivity index (χ4n) is 4.29. The van der Waals surface area contributed by atoms with Crippen molar-refractivity contribution in [2.24, 2.45) is 7.05 Å². The Hall–Kier alpha value is -1.45. The number of hydrogen-bond donors (Lipinski definition) is 1. The molecule has 0 aromatic carbocycles. The summed E-state index contributed by atoms with van der Waals surface area (Å²) in [4.78, 5) is 17.2. The largest absolute Gasteiger partial charge is 0.340 e. The molecule has 3 rings (SSSR count). The van der Waals surface area contributed by atoms with Crippen LogP contribution in [0.3, 0.4) is 0 Å². The Labute approximate surface area is 149 Å². The monoisotopic (exact) mass is 369 g/mol. The molecule has 2 atom stereocenters. The Bertz CT molecular complexity index is 747. The number of nitrogens with zero attached hydrogens (tertiary/aromatic N) is 4. The van der Waals surface area contributed by atoms with Crippen LogP contribution in [0.25, 0.3) is 0 Å². The minimum Gasteiger partial charge on any atom is -0.340 e. The van der Waals surface area contributed by atoms with Crippen LogP contribution < -0.4 is 4.72 Å². The summed E-state index contributed by atoms with van der Waals surface area (Å²) >= 11 is 0. The second-order valence-corrected chi connectivity index (χ2v) is 9.19. The highest BCUT2D eigenvalue weighted by molar-refractivity contribution is 7.88. The molecule has 1 aromatic rings. The first kappa shape index (κ1) is 18.3. The third-order valence-corrected chi connectivity index (χ3v) is 5.96. The standard InChI is InChI=1S/C16H27N5O3S/c1-19(10-13-9-17-20(2)11-13)15(22)16-6-4-5-7-21(16)12-14(8-16)18-25(3,23)24/h9,11,14,18H,4-8,10,12H2,1-3H3/t14-,16-/m0/s1. The topological polar surface area (TPSA) is 87.5 Å². The van der Waals surface area contributed by atoms with E-state index in [1.54, 1.807) is 15.8 Å². The van der Waals surface area contributed by atoms with Gasteiger partial charge in [-0.05, 0) is 32.2 Å². The van der Waals surface area contributed by atoms with Crippen molar-refractivity contribution in [1.29, 1.82) is 0 Å². The van der Waals surface area contributed by atoms with Gasteiger partial charge in [0.05, 0.1) is 12.5 Å². The number of carbonyl (C=O) groups is 1. The van der Waals surface area contributed by atoms with Gasteiger partial charge in [-0.15, -0.1) is 0 Å². The Morgan fingerprint density at radius 1 is 1.48 bits per heavy atom. The van der Waals surface area contributed by atoms with Gasteiger partial charge < -0.3 is 4.90 Å². The normalized spacial score (nSPS) is 27.2. The molecule has 3 heterocycles. The molecule has 2 fully saturated rings. The van der Waals surface area contributed by atoms with Crippen molar-refractivity contribution >= 4 is 15.9 Å². The first-order valence-corrected chi connectivity index (χ1v) is 10.5. The maximum atomic E-state index is 13.3. The van der Waals surface area contributed by atoms with Gasteiger partial charge in [0.25, 0.3) is 0 Å². The minimum atomic E-state index is -3.28. The highest BCUT2D eigenvalue weighted by Crippen LogP contribution is 2.39. The lowest BCUT2D eigenvalue weighted by Gasteiger charge is -2.42. The van der Waals surface area contributed by atoms with Gasteiger partial charge in [-0.2, -0.15) is 5.10 Å². The Kier molecular flexibility index (Phi) is 4.91. The zero-order valence-electron chi connectivity index (χ0n) is 15.1. The van der Waals surface area contributed by atoms with E-state index in [4.69, 9.17) is 0 Å². The van der Waals surface area contributed by atoms with Gasteiger partial charge >= 0.3 is 0 Å². The van der Waals surface area contributed by atoms with E-state index in [1.165, 1.54) is 6.26 Å². The van der Waals surface area contributed by atoms with E-state index in [9.17, 15) is 13.2 Å². The molecule has 1 N–H and O–H groups in total. The molecule has 25 heavy (non-hydrogen) atoms. The summed E-state index contributed by atoms with van der Waals surface area (Å²) in [7, 11) is 0.385. The SMILES string of the molecule is CN(Cc1cnn(C)c1)C(=O)[C@@]12CCCCN1C[C@@H](NS(C)(=O)=O)C2. The number of likely N-dealkylation sites (N-methyl/N-ethyl adjacent to an activating group) is 1. The van der Waals surface area contributed by atoms with Crippen LogP contribution in [0.4, 0.5) is 0 Å². The van der Waals surface area contributed by atoms with Crippen molar-refractivity contribution in [3.63, 3.8) is 0 Å². The van der Waals surface area contributed by atoms with Crippen LogP contribution in [0.2, 0.25) is 0 Å². The van der Waals surface area contributed by atoms with E-state index < -0.39 is 15.6 Å². The van der Waals surface area contributed by atoms with Crippen LogP contribution in [-0.4, -0.2) is 71.9 Å². The van der Waals surface area contributed by atoms with E-state index in [0.29, 0.717) is 19.5 Å². The van der Waals surface area contributed by atoms with E-state index in [-0.39, 0.29) is 11.9 Å². The number of hydrogen-bond acceptors (Lipinski definition) is 5. The highest BCUT2D eigenvalue weighted by Gasteiger charge is 2.53. The number of rotatable bonds is 5. The number of amides is 1. The van der Waals surface area contributed by atoms with Crippen molar-refractivity contribution in [2.75, 3.05) is 26.4 Å². The molecule has 9 heteroatoms. The summed E-state index contributed by atoms with van der Waals surface area (Å²) in [5.74, 6) is 0.0776. The van der Waals surface area contributed by atoms with Crippen molar-refractivity contribution < 1.29 is 13.2 Å². The molecule has 2 aliphatic rings. The van der Waals surface area contributed by atoms with Crippen molar-refractivity contribution in [3.8, 4) is 0 Å². The average Bonchev–Trinajstić information content (AvgIpc) is 3.08. The number of aromatic nitrogens is 2. The third kappa shape index (κ3) is 3.88. The quantitative estimate of drug-likeness (QED) is 0.785. The van der Waals surface area contributed by atoms with Crippen LogP contribution in [0, 0.1) is 0 Å².